The Balaban J connectivity index is 1.67. The Labute approximate surface area is 177 Å². The van der Waals surface area contributed by atoms with Gasteiger partial charge in [-0.15, -0.1) is 11.8 Å². The molecule has 0 aliphatic carbocycles. The number of aryl methyl sites for hydroxylation is 2. The molecule has 1 amide bonds. The highest BCUT2D eigenvalue weighted by atomic mass is 32.2. The average Bonchev–Trinajstić information content (AvgIpc) is 3.10. The summed E-state index contributed by atoms with van der Waals surface area (Å²) in [5, 5.41) is 12.4. The number of carbonyl (C=O) groups is 1. The van der Waals surface area contributed by atoms with E-state index < -0.39 is 0 Å². The molecule has 0 bridgehead atoms. The number of anilines is 1. The molecule has 0 saturated heterocycles. The molecule has 0 saturated carbocycles. The third kappa shape index (κ3) is 3.73. The maximum Gasteiger partial charge on any atom is 0.295 e. The van der Waals surface area contributed by atoms with Crippen LogP contribution in [0.25, 0.3) is 16.6 Å². The standard InChI is InChI=1S/C22H21N5O2S/c1-14-20-15(2)27(17-9-5-4-6-10-17)25-21(20)22(29)26(24-14)13-19(28)23-16-8-7-11-18(12-16)30-3/h4-12H,13H2,1-3H3,(H,23,28). The van der Waals surface area contributed by atoms with Gasteiger partial charge in [-0.05, 0) is 50.4 Å². The molecule has 1 N–H and O–H groups in total. The van der Waals surface area contributed by atoms with Crippen LogP contribution in [0.5, 0.6) is 0 Å². The van der Waals surface area contributed by atoms with Crippen molar-refractivity contribution in [2.24, 2.45) is 0 Å². The maximum atomic E-state index is 13.0. The fraction of sp³-hybridized carbons (Fsp3) is 0.182. The Morgan fingerprint density at radius 2 is 1.83 bits per heavy atom. The van der Waals surface area contributed by atoms with Crippen LogP contribution in [0.2, 0.25) is 0 Å². The van der Waals surface area contributed by atoms with Crippen LogP contribution in [0.3, 0.4) is 0 Å². The van der Waals surface area contributed by atoms with E-state index in [4.69, 9.17) is 0 Å². The average molecular weight is 420 g/mol. The van der Waals surface area contributed by atoms with Gasteiger partial charge >= 0.3 is 0 Å². The van der Waals surface area contributed by atoms with Crippen molar-refractivity contribution in [1.29, 1.82) is 0 Å². The number of nitrogens with one attached hydrogen (secondary N) is 1. The molecule has 0 aliphatic rings. The van der Waals surface area contributed by atoms with E-state index in [1.165, 1.54) is 4.68 Å². The first-order chi connectivity index (χ1) is 14.5. The highest BCUT2D eigenvalue weighted by molar-refractivity contribution is 7.98. The lowest BCUT2D eigenvalue weighted by Gasteiger charge is -2.08. The van der Waals surface area contributed by atoms with Crippen LogP contribution in [0.4, 0.5) is 5.69 Å². The fourth-order valence-corrected chi connectivity index (χ4v) is 3.91. The van der Waals surface area contributed by atoms with E-state index in [0.29, 0.717) is 22.3 Å². The molecule has 4 rings (SSSR count). The van der Waals surface area contributed by atoms with Gasteiger partial charge in [0.25, 0.3) is 5.56 Å². The topological polar surface area (TPSA) is 81.8 Å². The zero-order chi connectivity index (χ0) is 21.3. The highest BCUT2D eigenvalue weighted by Gasteiger charge is 2.18. The number of fused-ring (bicyclic) bond motifs is 1. The molecule has 0 radical (unpaired) electrons. The largest absolute Gasteiger partial charge is 0.324 e. The molecule has 7 nitrogen and oxygen atoms in total. The molecule has 8 heteroatoms. The van der Waals surface area contributed by atoms with Gasteiger partial charge in [0.15, 0.2) is 5.52 Å². The van der Waals surface area contributed by atoms with Gasteiger partial charge in [0, 0.05) is 10.6 Å². The summed E-state index contributed by atoms with van der Waals surface area (Å²) in [5.74, 6) is -0.319. The van der Waals surface area contributed by atoms with Crippen LogP contribution in [-0.2, 0) is 11.3 Å². The Morgan fingerprint density at radius 3 is 2.57 bits per heavy atom. The normalized spacial score (nSPS) is 11.0. The van der Waals surface area contributed by atoms with E-state index >= 15 is 0 Å². The number of benzene rings is 2. The van der Waals surface area contributed by atoms with E-state index in [2.05, 4.69) is 15.5 Å². The lowest BCUT2D eigenvalue weighted by molar-refractivity contribution is -0.117. The number of carbonyl (C=O) groups excluding carboxylic acids is 1. The van der Waals surface area contributed by atoms with Crippen molar-refractivity contribution in [3.8, 4) is 5.69 Å². The van der Waals surface area contributed by atoms with Gasteiger partial charge < -0.3 is 5.32 Å². The van der Waals surface area contributed by atoms with E-state index in [1.807, 2.05) is 74.7 Å². The molecule has 2 aromatic carbocycles. The van der Waals surface area contributed by atoms with Gasteiger partial charge in [-0.2, -0.15) is 10.2 Å². The third-order valence-electron chi connectivity index (χ3n) is 4.83. The monoisotopic (exact) mass is 419 g/mol. The molecule has 0 spiro atoms. The lowest BCUT2D eigenvalue weighted by atomic mass is 10.2. The van der Waals surface area contributed by atoms with Crippen LogP contribution >= 0.6 is 11.8 Å². The molecule has 2 heterocycles. The third-order valence-corrected chi connectivity index (χ3v) is 5.56. The number of hydrogen-bond donors (Lipinski definition) is 1. The van der Waals surface area contributed by atoms with E-state index in [9.17, 15) is 9.59 Å². The summed E-state index contributed by atoms with van der Waals surface area (Å²) in [4.78, 5) is 26.6. The SMILES string of the molecule is CSc1cccc(NC(=O)Cn2nc(C)c3c(C)n(-c4ccccc4)nc3c2=O)c1. The quantitative estimate of drug-likeness (QED) is 0.500. The number of amides is 1. The number of para-hydroxylation sites is 1. The van der Waals surface area contributed by atoms with Crippen molar-refractivity contribution in [1.82, 2.24) is 19.6 Å². The molecular weight excluding hydrogens is 398 g/mol. The number of aromatic nitrogens is 4. The van der Waals surface area contributed by atoms with E-state index in [-0.39, 0.29) is 18.0 Å². The first-order valence-corrected chi connectivity index (χ1v) is 10.7. The Kier molecular flexibility index (Phi) is 5.41. The number of nitrogens with zero attached hydrogens (tertiary/aromatic N) is 4. The second-order valence-corrected chi connectivity index (χ2v) is 7.76. The summed E-state index contributed by atoms with van der Waals surface area (Å²) in [7, 11) is 0. The van der Waals surface area contributed by atoms with Gasteiger partial charge in [-0.25, -0.2) is 9.36 Å². The second-order valence-electron chi connectivity index (χ2n) is 6.88. The van der Waals surface area contributed by atoms with Gasteiger partial charge in [-0.3, -0.25) is 9.59 Å². The molecule has 30 heavy (non-hydrogen) atoms. The minimum absolute atomic E-state index is 0.184. The summed E-state index contributed by atoms with van der Waals surface area (Å²) in [5.41, 5.74) is 2.96. The van der Waals surface area contributed by atoms with Crippen molar-refractivity contribution in [3.63, 3.8) is 0 Å². The second kappa shape index (κ2) is 8.16. The molecular formula is C22H21N5O2S. The Bertz CT molecular complexity index is 1290. The molecule has 0 unspecified atom stereocenters. The summed E-state index contributed by atoms with van der Waals surface area (Å²) in [6, 6.07) is 17.2. The van der Waals surface area contributed by atoms with Crippen LogP contribution in [0.1, 0.15) is 11.4 Å². The zero-order valence-electron chi connectivity index (χ0n) is 16.9. The van der Waals surface area contributed by atoms with Gasteiger partial charge in [0.2, 0.25) is 5.91 Å². The smallest absolute Gasteiger partial charge is 0.295 e. The number of hydrogen-bond acceptors (Lipinski definition) is 5. The summed E-state index contributed by atoms with van der Waals surface area (Å²) in [6.07, 6.45) is 1.97. The molecule has 0 atom stereocenters. The van der Waals surface area contributed by atoms with Crippen LogP contribution in [0, 0.1) is 13.8 Å². The van der Waals surface area contributed by atoms with Crippen molar-refractivity contribution in [2.75, 3.05) is 11.6 Å². The Hall–Kier alpha value is -3.39. The lowest BCUT2D eigenvalue weighted by Crippen LogP contribution is -2.30. The van der Waals surface area contributed by atoms with Gasteiger partial charge in [-0.1, -0.05) is 24.3 Å². The van der Waals surface area contributed by atoms with Crippen molar-refractivity contribution >= 4 is 34.3 Å². The molecule has 2 aromatic heterocycles. The van der Waals surface area contributed by atoms with Crippen molar-refractivity contribution < 1.29 is 4.79 Å². The summed E-state index contributed by atoms with van der Waals surface area (Å²) >= 11 is 1.59. The molecule has 4 aromatic rings. The minimum Gasteiger partial charge on any atom is -0.324 e. The van der Waals surface area contributed by atoms with E-state index in [0.717, 1.165) is 16.3 Å². The van der Waals surface area contributed by atoms with Gasteiger partial charge in [0.1, 0.15) is 6.54 Å². The van der Waals surface area contributed by atoms with Crippen LogP contribution in [-0.4, -0.2) is 31.7 Å². The predicted molar refractivity (Wildman–Crippen MR) is 119 cm³/mol. The van der Waals surface area contributed by atoms with Crippen molar-refractivity contribution in [2.45, 2.75) is 25.3 Å². The zero-order valence-corrected chi connectivity index (χ0v) is 17.7. The minimum atomic E-state index is -0.388. The fourth-order valence-electron chi connectivity index (χ4n) is 3.45. The predicted octanol–water partition coefficient (Wildman–Crippen LogP) is 3.56. The Morgan fingerprint density at radius 1 is 1.07 bits per heavy atom. The van der Waals surface area contributed by atoms with Crippen LogP contribution < -0.4 is 10.9 Å². The molecule has 0 fully saturated rings. The molecule has 152 valence electrons. The van der Waals surface area contributed by atoms with Gasteiger partial charge in [0.05, 0.1) is 22.5 Å². The van der Waals surface area contributed by atoms with Crippen LogP contribution in [0.15, 0.2) is 64.3 Å². The maximum absolute atomic E-state index is 13.0. The number of rotatable bonds is 5. The highest BCUT2D eigenvalue weighted by Crippen LogP contribution is 2.21. The van der Waals surface area contributed by atoms with Crippen molar-refractivity contribution in [3.05, 3.63) is 76.3 Å². The summed E-state index contributed by atoms with van der Waals surface area (Å²) in [6.45, 7) is 3.55. The first kappa shape index (κ1) is 19.9. The number of thioether (sulfide) groups is 1. The molecule has 0 aliphatic heterocycles. The first-order valence-electron chi connectivity index (χ1n) is 9.44. The summed E-state index contributed by atoms with van der Waals surface area (Å²) < 4.78 is 2.91. The van der Waals surface area contributed by atoms with E-state index in [1.54, 1.807) is 16.4 Å².